The van der Waals surface area contributed by atoms with E-state index in [1.807, 2.05) is 0 Å². The molecule has 1 amide bonds. The average molecular weight is 594 g/mol. The van der Waals surface area contributed by atoms with Gasteiger partial charge in [0.15, 0.2) is 11.5 Å². The third-order valence-electron chi connectivity index (χ3n) is 5.03. The number of benzene rings is 3. The normalized spacial score (nSPS) is 11.7. The van der Waals surface area contributed by atoms with Crippen LogP contribution in [0, 0.1) is 5.82 Å². The first-order valence-electron chi connectivity index (χ1n) is 11.2. The maximum Gasteiger partial charge on any atom is 0.437 e. The van der Waals surface area contributed by atoms with E-state index in [1.165, 1.54) is 30.3 Å². The van der Waals surface area contributed by atoms with E-state index < -0.39 is 41.5 Å². The first kappa shape index (κ1) is 28.6. The van der Waals surface area contributed by atoms with E-state index in [1.54, 1.807) is 30.3 Å². The number of nitrogens with one attached hydrogen (secondary N) is 2. The molecule has 1 aromatic heterocycles. The Bertz CT molecular complexity index is 1560. The van der Waals surface area contributed by atoms with Crippen molar-refractivity contribution in [2.45, 2.75) is 12.8 Å². The minimum Gasteiger partial charge on any atom is -0.443 e. The van der Waals surface area contributed by atoms with Crippen LogP contribution < -0.4 is 10.6 Å². The molecule has 0 aliphatic carbocycles. The molecule has 40 heavy (non-hydrogen) atoms. The Balaban J connectivity index is 1.72. The minimum atomic E-state index is -4.94. The smallest absolute Gasteiger partial charge is 0.437 e. The van der Waals surface area contributed by atoms with Gasteiger partial charge in [-0.15, -0.1) is 4.68 Å². The average Bonchev–Trinajstić information content (AvgIpc) is 3.32. The lowest BCUT2D eigenvalue weighted by molar-refractivity contribution is -0.141. The van der Waals surface area contributed by atoms with E-state index >= 15 is 0 Å². The molecule has 0 aliphatic rings. The molecule has 0 fully saturated rings. The van der Waals surface area contributed by atoms with Gasteiger partial charge >= 0.3 is 12.3 Å². The molecule has 0 atom stereocenters. The third kappa shape index (κ3) is 7.58. The monoisotopic (exact) mass is 593 g/mol. The van der Waals surface area contributed by atoms with Crippen LogP contribution in [0.3, 0.4) is 0 Å². The third-order valence-corrected chi connectivity index (χ3v) is 5.48. The van der Waals surface area contributed by atoms with Crippen LogP contribution in [-0.2, 0) is 17.5 Å². The highest BCUT2D eigenvalue weighted by atomic mass is 35.5. The number of halogens is 6. The number of carbonyl (C=O) groups excluding carboxylic acids is 2. The lowest BCUT2D eigenvalue weighted by Crippen LogP contribution is -2.36. The molecule has 8 nitrogen and oxygen atoms in total. The summed E-state index contributed by atoms with van der Waals surface area (Å²) >= 11 is 11.8. The van der Waals surface area contributed by atoms with Crippen LogP contribution in [0.5, 0.6) is 0 Å². The van der Waals surface area contributed by atoms with Gasteiger partial charge in [-0.1, -0.05) is 59.6 Å². The Kier molecular flexibility index (Phi) is 8.70. The fraction of sp³-hybridized carbons (Fsp3) is 0.0769. The molecule has 2 N–H and O–H groups in total. The van der Waals surface area contributed by atoms with E-state index in [2.05, 4.69) is 20.7 Å². The number of guanidine groups is 1. The summed E-state index contributed by atoms with van der Waals surface area (Å²) in [6.07, 6.45) is -6.21. The SMILES string of the molecule is O=C(N/C(=N/c1cc(C(F)(F)F)nn1C(=O)OCc1ccccc1)Nc1cc(F)cc(Cl)c1)c1cccc(Cl)c1. The summed E-state index contributed by atoms with van der Waals surface area (Å²) in [5, 5.41) is 8.48. The first-order chi connectivity index (χ1) is 19.0. The van der Waals surface area contributed by atoms with Crippen LogP contribution >= 0.6 is 23.2 Å². The van der Waals surface area contributed by atoms with Gasteiger partial charge in [0.1, 0.15) is 12.4 Å². The molecule has 0 spiro atoms. The van der Waals surface area contributed by atoms with Crippen LogP contribution in [0.25, 0.3) is 0 Å². The van der Waals surface area contributed by atoms with Crippen LogP contribution in [0.15, 0.2) is 83.9 Å². The Morgan fingerprint density at radius 1 is 0.950 bits per heavy atom. The quantitative estimate of drug-likeness (QED) is 0.147. The molecule has 206 valence electrons. The van der Waals surface area contributed by atoms with E-state index in [9.17, 15) is 27.2 Å². The molecule has 0 radical (unpaired) electrons. The van der Waals surface area contributed by atoms with Crippen LogP contribution in [0.1, 0.15) is 21.6 Å². The number of alkyl halides is 3. The van der Waals surface area contributed by atoms with Crippen molar-refractivity contribution in [3.8, 4) is 0 Å². The molecule has 0 saturated carbocycles. The fourth-order valence-electron chi connectivity index (χ4n) is 3.28. The number of rotatable bonds is 5. The zero-order chi connectivity index (χ0) is 28.9. The Morgan fingerprint density at radius 2 is 1.70 bits per heavy atom. The molecule has 3 aromatic carbocycles. The Labute approximate surface area is 234 Å². The summed E-state index contributed by atoms with van der Waals surface area (Å²) in [5.74, 6) is -2.66. The highest BCUT2D eigenvalue weighted by Gasteiger charge is 2.36. The number of ether oxygens (including phenoxy) is 1. The van der Waals surface area contributed by atoms with Gasteiger partial charge < -0.3 is 10.1 Å². The molecule has 0 bridgehead atoms. The van der Waals surface area contributed by atoms with Gasteiger partial charge in [-0.25, -0.2) is 9.18 Å². The number of hydrogen-bond acceptors (Lipinski definition) is 5. The standard InChI is InChI=1S/C26H17Cl2F4N5O3/c27-17-8-4-7-16(9-17)23(38)35-24(33-20-11-18(28)10-19(29)12-20)34-22-13-21(26(30,31)32)36-37(22)25(39)40-14-15-5-2-1-3-6-15/h1-13H,14H2,(H2,33,34,35,38). The van der Waals surface area contributed by atoms with Crippen molar-refractivity contribution in [3.63, 3.8) is 0 Å². The predicted molar refractivity (Wildman–Crippen MR) is 140 cm³/mol. The van der Waals surface area contributed by atoms with Crippen molar-refractivity contribution in [1.82, 2.24) is 15.1 Å². The van der Waals surface area contributed by atoms with Crippen molar-refractivity contribution in [2.24, 2.45) is 4.99 Å². The molecule has 0 aliphatic heterocycles. The minimum absolute atomic E-state index is 0.0103. The summed E-state index contributed by atoms with van der Waals surface area (Å²) in [6, 6.07) is 18.0. The number of hydrogen-bond donors (Lipinski definition) is 2. The molecule has 1 heterocycles. The van der Waals surface area contributed by atoms with Gasteiger partial charge in [0.25, 0.3) is 5.91 Å². The van der Waals surface area contributed by atoms with Gasteiger partial charge in [0, 0.05) is 27.4 Å². The summed E-state index contributed by atoms with van der Waals surface area (Å²) in [6.45, 7) is -0.261. The van der Waals surface area contributed by atoms with E-state index in [-0.39, 0.29) is 32.6 Å². The zero-order valence-corrected chi connectivity index (χ0v) is 21.6. The number of carbonyl (C=O) groups is 2. The van der Waals surface area contributed by atoms with Crippen molar-refractivity contribution in [2.75, 3.05) is 5.32 Å². The topological polar surface area (TPSA) is 97.6 Å². The summed E-state index contributed by atoms with van der Waals surface area (Å²) < 4.78 is 59.9. The predicted octanol–water partition coefficient (Wildman–Crippen LogP) is 7.06. The second-order valence-corrected chi connectivity index (χ2v) is 8.92. The number of aromatic nitrogens is 2. The van der Waals surface area contributed by atoms with E-state index in [0.717, 1.165) is 12.1 Å². The van der Waals surface area contributed by atoms with Crippen molar-refractivity contribution >= 4 is 52.7 Å². The van der Waals surface area contributed by atoms with Gasteiger partial charge in [0.2, 0.25) is 5.96 Å². The number of anilines is 1. The lowest BCUT2D eigenvalue weighted by Gasteiger charge is -2.13. The fourth-order valence-corrected chi connectivity index (χ4v) is 3.69. The van der Waals surface area contributed by atoms with Crippen molar-refractivity contribution in [1.29, 1.82) is 0 Å². The summed E-state index contributed by atoms with van der Waals surface area (Å²) in [4.78, 5) is 29.6. The molecule has 4 rings (SSSR count). The van der Waals surface area contributed by atoms with E-state index in [4.69, 9.17) is 27.9 Å². The first-order valence-corrected chi connectivity index (χ1v) is 12.0. The van der Waals surface area contributed by atoms with Crippen LogP contribution in [0.2, 0.25) is 10.0 Å². The number of aliphatic imine (C=N–C) groups is 1. The Hall–Kier alpha value is -4.42. The van der Waals surface area contributed by atoms with Crippen LogP contribution in [0.4, 0.5) is 33.9 Å². The Morgan fingerprint density at radius 3 is 2.38 bits per heavy atom. The second kappa shape index (κ2) is 12.2. The maximum atomic E-state index is 13.9. The summed E-state index contributed by atoms with van der Waals surface area (Å²) in [5.41, 5.74) is -0.810. The van der Waals surface area contributed by atoms with Crippen molar-refractivity contribution in [3.05, 3.63) is 112 Å². The molecule has 14 heteroatoms. The van der Waals surface area contributed by atoms with Gasteiger partial charge in [-0.3, -0.25) is 10.1 Å². The number of amides is 1. The van der Waals surface area contributed by atoms with Gasteiger partial charge in [0.05, 0.1) is 0 Å². The molecule has 0 saturated heterocycles. The lowest BCUT2D eigenvalue weighted by atomic mass is 10.2. The van der Waals surface area contributed by atoms with Gasteiger partial charge in [-0.05, 0) is 42.0 Å². The highest BCUT2D eigenvalue weighted by Crippen LogP contribution is 2.31. The molecule has 4 aromatic rings. The summed E-state index contributed by atoms with van der Waals surface area (Å²) in [7, 11) is 0. The zero-order valence-electron chi connectivity index (χ0n) is 20.0. The van der Waals surface area contributed by atoms with Crippen LogP contribution in [-0.4, -0.2) is 27.7 Å². The number of nitrogens with zero attached hydrogens (tertiary/aromatic N) is 3. The molecular weight excluding hydrogens is 577 g/mol. The highest BCUT2D eigenvalue weighted by molar-refractivity contribution is 6.31. The van der Waals surface area contributed by atoms with E-state index in [0.29, 0.717) is 11.6 Å². The van der Waals surface area contributed by atoms with Crippen molar-refractivity contribution < 1.29 is 31.9 Å². The van der Waals surface area contributed by atoms with Gasteiger partial charge in [-0.2, -0.15) is 23.3 Å². The molecule has 0 unspecified atom stereocenters. The molecular formula is C26H17Cl2F4N5O3. The largest absolute Gasteiger partial charge is 0.443 e. The second-order valence-electron chi connectivity index (χ2n) is 8.05. The maximum absolute atomic E-state index is 13.9.